The first-order valence-electron chi connectivity index (χ1n) is 3.61. The average Bonchev–Trinajstić information content (AvgIpc) is 2.06. The lowest BCUT2D eigenvalue weighted by molar-refractivity contribution is 0.993. The molecule has 0 bridgehead atoms. The van der Waals surface area contributed by atoms with Crippen LogP contribution in [0.3, 0.4) is 0 Å². The molecule has 2 rings (SSSR count). The van der Waals surface area contributed by atoms with Crippen molar-refractivity contribution >= 4 is 22.1 Å². The largest absolute Gasteiger partial charge is 0.278 e. The lowest BCUT2D eigenvalue weighted by Crippen LogP contribution is -2.01. The molecule has 0 saturated heterocycles. The smallest absolute Gasteiger partial charge is 0.129 e. The molecule has 0 N–H and O–H groups in total. The maximum absolute atomic E-state index is 4.26. The fraction of sp³-hybridized carbons (Fsp3) is 0.222. The number of rotatable bonds is 0. The number of halogens is 1. The van der Waals surface area contributed by atoms with Crippen LogP contribution in [0.1, 0.15) is 16.1 Å². The van der Waals surface area contributed by atoms with Crippen molar-refractivity contribution in [3.8, 4) is 0 Å². The third kappa shape index (κ3) is 1.23. The second-order valence-corrected chi connectivity index (χ2v) is 3.44. The van der Waals surface area contributed by atoms with Gasteiger partial charge in [-0.2, -0.15) is 0 Å². The van der Waals surface area contributed by atoms with E-state index in [1.54, 1.807) is 0 Å². The molecular weight excluding hydrogens is 202 g/mol. The quantitative estimate of drug-likeness (QED) is 0.461. The van der Waals surface area contributed by atoms with E-state index in [0.717, 1.165) is 6.42 Å². The number of benzene rings is 1. The monoisotopic (exact) mass is 209 g/mol. The van der Waals surface area contributed by atoms with Crippen LogP contribution < -0.4 is 0 Å². The molecule has 0 fully saturated rings. The lowest BCUT2D eigenvalue weighted by Gasteiger charge is -2.14. The predicted molar refractivity (Wildman–Crippen MR) is 50.3 cm³/mol. The number of alkyl halides is 1. The zero-order valence-corrected chi connectivity index (χ0v) is 7.58. The third-order valence-corrected chi connectivity index (χ3v) is 2.59. The van der Waals surface area contributed by atoms with Crippen molar-refractivity contribution in [2.75, 3.05) is 0 Å². The van der Waals surface area contributed by atoms with Crippen molar-refractivity contribution in [2.24, 2.45) is 4.99 Å². The first-order chi connectivity index (χ1) is 5.38. The normalized spacial score (nSPS) is 21.4. The van der Waals surface area contributed by atoms with Gasteiger partial charge in [0.25, 0.3) is 0 Å². The Morgan fingerprint density at radius 3 is 3.00 bits per heavy atom. The third-order valence-electron chi connectivity index (χ3n) is 1.86. The van der Waals surface area contributed by atoms with Crippen LogP contribution in [-0.2, 0) is 6.42 Å². The Morgan fingerprint density at radius 1 is 1.36 bits per heavy atom. The Morgan fingerprint density at radius 2 is 2.18 bits per heavy atom. The van der Waals surface area contributed by atoms with E-state index in [2.05, 4.69) is 39.1 Å². The topological polar surface area (TPSA) is 12.4 Å². The molecule has 0 amide bonds. The molecule has 1 aliphatic heterocycles. The van der Waals surface area contributed by atoms with Gasteiger partial charge in [0.15, 0.2) is 0 Å². The van der Waals surface area contributed by atoms with Gasteiger partial charge in [0.05, 0.1) is 0 Å². The van der Waals surface area contributed by atoms with Crippen molar-refractivity contribution in [3.05, 3.63) is 35.4 Å². The first kappa shape index (κ1) is 7.04. The highest BCUT2D eigenvalue weighted by Gasteiger charge is 2.11. The second-order valence-electron chi connectivity index (χ2n) is 2.57. The number of hydrogen-bond donors (Lipinski definition) is 0. The molecule has 11 heavy (non-hydrogen) atoms. The summed E-state index contributed by atoms with van der Waals surface area (Å²) in [7, 11) is 0. The molecule has 0 aromatic heterocycles. The summed E-state index contributed by atoms with van der Waals surface area (Å²) in [5.74, 6) is 0. The Bertz CT molecular complexity index is 293. The van der Waals surface area contributed by atoms with E-state index in [9.17, 15) is 0 Å². The Hall–Kier alpha value is -0.630. The molecule has 1 unspecified atom stereocenters. The molecule has 0 spiro atoms. The van der Waals surface area contributed by atoms with Gasteiger partial charge < -0.3 is 0 Å². The summed E-state index contributed by atoms with van der Waals surface area (Å²) >= 11 is 3.49. The van der Waals surface area contributed by atoms with E-state index in [1.807, 2.05) is 12.3 Å². The zero-order valence-electron chi connectivity index (χ0n) is 6.00. The number of aliphatic imine (C=N–C) groups is 1. The van der Waals surface area contributed by atoms with Gasteiger partial charge in [-0.05, 0) is 11.1 Å². The minimum absolute atomic E-state index is 0.174. The Kier molecular flexibility index (Phi) is 1.78. The summed E-state index contributed by atoms with van der Waals surface area (Å²) in [5, 5.41) is 0. The van der Waals surface area contributed by atoms with Crippen LogP contribution in [0.2, 0.25) is 0 Å². The van der Waals surface area contributed by atoms with Crippen molar-refractivity contribution in [2.45, 2.75) is 11.4 Å². The Labute approximate surface area is 74.3 Å². The van der Waals surface area contributed by atoms with Gasteiger partial charge in [0, 0.05) is 12.6 Å². The average molecular weight is 210 g/mol. The summed E-state index contributed by atoms with van der Waals surface area (Å²) in [4.78, 5) is 4.44. The maximum Gasteiger partial charge on any atom is 0.129 e. The van der Waals surface area contributed by atoms with Crippen molar-refractivity contribution < 1.29 is 0 Å². The summed E-state index contributed by atoms with van der Waals surface area (Å²) in [6.45, 7) is 0. The van der Waals surface area contributed by atoms with E-state index in [4.69, 9.17) is 0 Å². The van der Waals surface area contributed by atoms with Crippen LogP contribution in [0.25, 0.3) is 0 Å². The molecule has 1 aliphatic rings. The van der Waals surface area contributed by atoms with E-state index < -0.39 is 0 Å². The number of fused-ring (bicyclic) bond motifs is 1. The summed E-state index contributed by atoms with van der Waals surface area (Å²) in [6.07, 6.45) is 2.93. The molecule has 1 nitrogen and oxygen atoms in total. The van der Waals surface area contributed by atoms with Gasteiger partial charge in [0.2, 0.25) is 0 Å². The summed E-state index contributed by atoms with van der Waals surface area (Å²) in [5.41, 5.74) is 2.68. The molecule has 0 saturated carbocycles. The zero-order chi connectivity index (χ0) is 7.68. The van der Waals surface area contributed by atoms with Crippen LogP contribution in [0.15, 0.2) is 29.3 Å². The number of hydrogen-bond acceptors (Lipinski definition) is 1. The van der Waals surface area contributed by atoms with Gasteiger partial charge in [-0.1, -0.05) is 40.2 Å². The van der Waals surface area contributed by atoms with Crippen LogP contribution in [-0.4, -0.2) is 6.21 Å². The molecule has 1 aromatic carbocycles. The molecule has 1 heterocycles. The van der Waals surface area contributed by atoms with Gasteiger partial charge in [-0.15, -0.1) is 0 Å². The highest BCUT2D eigenvalue weighted by atomic mass is 79.9. The molecule has 1 atom stereocenters. The lowest BCUT2D eigenvalue weighted by atomic mass is 10.0. The first-order valence-corrected chi connectivity index (χ1v) is 4.53. The minimum atomic E-state index is 0.174. The van der Waals surface area contributed by atoms with Crippen LogP contribution in [0.5, 0.6) is 0 Å². The summed E-state index contributed by atoms with van der Waals surface area (Å²) < 4.78 is 0. The van der Waals surface area contributed by atoms with Crippen LogP contribution >= 0.6 is 15.9 Å². The number of nitrogens with zero attached hydrogens (tertiary/aromatic N) is 1. The Balaban J connectivity index is 2.50. The maximum atomic E-state index is 4.26. The van der Waals surface area contributed by atoms with Crippen molar-refractivity contribution in [1.82, 2.24) is 0 Å². The fourth-order valence-electron chi connectivity index (χ4n) is 1.28. The standard InChI is InChI=1S/C9H8BrN/c10-9-8-4-2-1-3-7(8)5-6-11-9/h1-4,6,9H,5H2. The van der Waals surface area contributed by atoms with Crippen molar-refractivity contribution in [1.29, 1.82) is 0 Å². The molecule has 0 aliphatic carbocycles. The SMILES string of the molecule is BrC1N=CCc2ccccc21. The summed E-state index contributed by atoms with van der Waals surface area (Å²) in [6, 6.07) is 8.38. The van der Waals surface area contributed by atoms with Gasteiger partial charge in [-0.25, -0.2) is 0 Å². The van der Waals surface area contributed by atoms with E-state index >= 15 is 0 Å². The molecule has 56 valence electrons. The van der Waals surface area contributed by atoms with E-state index in [0.29, 0.717) is 0 Å². The van der Waals surface area contributed by atoms with Gasteiger partial charge >= 0.3 is 0 Å². The fourth-order valence-corrected chi connectivity index (χ4v) is 1.89. The van der Waals surface area contributed by atoms with Gasteiger partial charge in [0.1, 0.15) is 4.95 Å². The van der Waals surface area contributed by atoms with E-state index in [-0.39, 0.29) is 4.95 Å². The molecule has 1 aromatic rings. The van der Waals surface area contributed by atoms with Crippen LogP contribution in [0, 0.1) is 0 Å². The van der Waals surface area contributed by atoms with E-state index in [1.165, 1.54) is 11.1 Å². The minimum Gasteiger partial charge on any atom is -0.278 e. The highest BCUT2D eigenvalue weighted by molar-refractivity contribution is 9.09. The molecular formula is C9H8BrN. The van der Waals surface area contributed by atoms with Crippen molar-refractivity contribution in [3.63, 3.8) is 0 Å². The molecule has 2 heteroatoms. The molecule has 0 radical (unpaired) electrons. The second kappa shape index (κ2) is 2.78. The van der Waals surface area contributed by atoms with Gasteiger partial charge in [-0.3, -0.25) is 4.99 Å². The predicted octanol–water partition coefficient (Wildman–Crippen LogP) is 2.71. The highest BCUT2D eigenvalue weighted by Crippen LogP contribution is 2.29. The van der Waals surface area contributed by atoms with Crippen LogP contribution in [0.4, 0.5) is 0 Å².